The van der Waals surface area contributed by atoms with E-state index in [1.165, 1.54) is 0 Å². The van der Waals surface area contributed by atoms with E-state index in [2.05, 4.69) is 24.5 Å². The second-order valence-electron chi connectivity index (χ2n) is 10.4. The monoisotopic (exact) mass is 501 g/mol. The molecule has 3 aliphatic rings. The number of thioether (sulfide) groups is 1. The van der Waals surface area contributed by atoms with Crippen molar-refractivity contribution in [3.05, 3.63) is 35.9 Å². The zero-order chi connectivity index (χ0) is 25.2. The van der Waals surface area contributed by atoms with Crippen LogP contribution in [0.1, 0.15) is 70.9 Å². The van der Waals surface area contributed by atoms with Crippen LogP contribution >= 0.6 is 11.8 Å². The first-order valence-corrected chi connectivity index (χ1v) is 13.9. The number of hydrogen-bond acceptors (Lipinski definition) is 5. The quantitative estimate of drug-likeness (QED) is 0.405. The van der Waals surface area contributed by atoms with Gasteiger partial charge in [0.25, 0.3) is 0 Å². The van der Waals surface area contributed by atoms with Crippen LogP contribution in [0.25, 0.3) is 0 Å². The van der Waals surface area contributed by atoms with Gasteiger partial charge in [0.15, 0.2) is 0 Å². The zero-order valence-electron chi connectivity index (χ0n) is 21.1. The van der Waals surface area contributed by atoms with Gasteiger partial charge >= 0.3 is 0 Å². The first-order valence-electron chi connectivity index (χ1n) is 13.1. The minimum Gasteiger partial charge on any atom is -0.394 e. The predicted octanol–water partition coefficient (Wildman–Crippen LogP) is 3.03. The molecule has 7 nitrogen and oxygen atoms in total. The highest BCUT2D eigenvalue weighted by Crippen LogP contribution is 2.71. The smallest absolute Gasteiger partial charge is 0.244 e. The average Bonchev–Trinajstić information content (AvgIpc) is 3.42. The van der Waals surface area contributed by atoms with Gasteiger partial charge in [-0.1, -0.05) is 57.0 Å². The van der Waals surface area contributed by atoms with E-state index in [-0.39, 0.29) is 29.1 Å². The SMILES string of the molecule is CCCCCNC(=O)C1N([C@H](CO)c2ccccc2)C(=O)[C@@H]2[C@@H](C(=O)NCCC)[C@@]3(C)CCC12S3. The summed E-state index contributed by atoms with van der Waals surface area (Å²) in [5.74, 6) is -1.51. The molecule has 3 N–H and O–H groups in total. The largest absolute Gasteiger partial charge is 0.394 e. The van der Waals surface area contributed by atoms with Crippen LogP contribution < -0.4 is 10.6 Å². The maximum absolute atomic E-state index is 14.2. The number of aliphatic hydroxyl groups excluding tert-OH is 1. The van der Waals surface area contributed by atoms with Crippen molar-refractivity contribution < 1.29 is 19.5 Å². The van der Waals surface area contributed by atoms with Gasteiger partial charge in [0.1, 0.15) is 6.04 Å². The topological polar surface area (TPSA) is 98.7 Å². The van der Waals surface area contributed by atoms with Crippen LogP contribution in [0.15, 0.2) is 30.3 Å². The summed E-state index contributed by atoms with van der Waals surface area (Å²) < 4.78 is -1.05. The van der Waals surface area contributed by atoms with Crippen LogP contribution in [0, 0.1) is 11.8 Å². The fourth-order valence-electron chi connectivity index (χ4n) is 6.47. The summed E-state index contributed by atoms with van der Waals surface area (Å²) in [5, 5.41) is 16.6. The van der Waals surface area contributed by atoms with E-state index in [0.717, 1.165) is 37.7 Å². The number of nitrogens with one attached hydrogen (secondary N) is 2. The van der Waals surface area contributed by atoms with Crippen LogP contribution in [0.4, 0.5) is 0 Å². The number of amides is 3. The molecular weight excluding hydrogens is 462 g/mol. The highest BCUT2D eigenvalue weighted by atomic mass is 32.2. The highest BCUT2D eigenvalue weighted by molar-refractivity contribution is 8.02. The lowest BCUT2D eigenvalue weighted by molar-refractivity contribution is -0.143. The van der Waals surface area contributed by atoms with Crippen molar-refractivity contribution in [2.24, 2.45) is 11.8 Å². The Kier molecular flexibility index (Phi) is 7.81. The number of rotatable bonds is 11. The molecule has 1 aromatic rings. The van der Waals surface area contributed by atoms with E-state index in [0.29, 0.717) is 19.5 Å². The van der Waals surface area contributed by atoms with E-state index in [1.807, 2.05) is 37.3 Å². The second kappa shape index (κ2) is 10.5. The van der Waals surface area contributed by atoms with E-state index in [1.54, 1.807) is 16.7 Å². The molecule has 0 aromatic heterocycles. The van der Waals surface area contributed by atoms with Crippen LogP contribution in [0.5, 0.6) is 0 Å². The van der Waals surface area contributed by atoms with Gasteiger partial charge in [-0.05, 0) is 38.2 Å². The van der Waals surface area contributed by atoms with Gasteiger partial charge in [-0.3, -0.25) is 14.4 Å². The van der Waals surface area contributed by atoms with E-state index >= 15 is 0 Å². The Morgan fingerprint density at radius 3 is 2.46 bits per heavy atom. The number of benzene rings is 1. The summed E-state index contributed by atoms with van der Waals surface area (Å²) >= 11 is 1.67. The van der Waals surface area contributed by atoms with Gasteiger partial charge in [-0.2, -0.15) is 0 Å². The van der Waals surface area contributed by atoms with Gasteiger partial charge < -0.3 is 20.6 Å². The van der Waals surface area contributed by atoms with Crippen molar-refractivity contribution in [2.75, 3.05) is 19.7 Å². The number of likely N-dealkylation sites (tertiary alicyclic amines) is 1. The van der Waals surface area contributed by atoms with Crippen LogP contribution in [-0.2, 0) is 14.4 Å². The zero-order valence-corrected chi connectivity index (χ0v) is 21.9. The Hall–Kier alpha value is -2.06. The molecule has 2 bridgehead atoms. The minimum absolute atomic E-state index is 0.0917. The molecule has 0 aliphatic carbocycles. The number of carbonyl (C=O) groups is 3. The third-order valence-corrected chi connectivity index (χ3v) is 10.1. The molecule has 1 aromatic carbocycles. The molecule has 4 rings (SSSR count). The average molecular weight is 502 g/mol. The third kappa shape index (κ3) is 4.37. The lowest BCUT2D eigenvalue weighted by Gasteiger charge is -2.37. The molecule has 0 saturated carbocycles. The first kappa shape index (κ1) is 26.0. The molecular formula is C27H39N3O4S. The van der Waals surface area contributed by atoms with Crippen LogP contribution in [0.3, 0.4) is 0 Å². The molecule has 192 valence electrons. The van der Waals surface area contributed by atoms with Crippen molar-refractivity contribution in [1.29, 1.82) is 0 Å². The molecule has 3 heterocycles. The molecule has 1 spiro atoms. The maximum Gasteiger partial charge on any atom is 0.244 e. The predicted molar refractivity (Wildman–Crippen MR) is 138 cm³/mol. The van der Waals surface area contributed by atoms with Gasteiger partial charge in [0.05, 0.1) is 29.2 Å². The molecule has 6 atom stereocenters. The van der Waals surface area contributed by atoms with Gasteiger partial charge in [0, 0.05) is 17.8 Å². The first-order chi connectivity index (χ1) is 16.8. The summed E-state index contributed by atoms with van der Waals surface area (Å²) in [7, 11) is 0. The number of hydrogen-bond donors (Lipinski definition) is 3. The number of nitrogens with zero attached hydrogens (tertiary/aromatic N) is 1. The van der Waals surface area contributed by atoms with Gasteiger partial charge in [-0.25, -0.2) is 0 Å². The fraction of sp³-hybridized carbons (Fsp3) is 0.667. The molecule has 3 saturated heterocycles. The Morgan fingerprint density at radius 1 is 1.09 bits per heavy atom. The number of aliphatic hydroxyl groups is 1. The lowest BCUT2D eigenvalue weighted by atomic mass is 9.66. The number of carbonyl (C=O) groups excluding carboxylic acids is 3. The second-order valence-corrected chi connectivity index (χ2v) is 12.3. The van der Waals surface area contributed by atoms with Crippen LogP contribution in [-0.4, -0.2) is 63.0 Å². The summed E-state index contributed by atoms with van der Waals surface area (Å²) in [4.78, 5) is 43.0. The molecule has 8 heteroatoms. The molecule has 3 aliphatic heterocycles. The van der Waals surface area contributed by atoms with E-state index < -0.39 is 28.7 Å². The highest BCUT2D eigenvalue weighted by Gasteiger charge is 2.77. The number of fused-ring (bicyclic) bond motifs is 1. The summed E-state index contributed by atoms with van der Waals surface area (Å²) in [5.41, 5.74) is 0.793. The lowest BCUT2D eigenvalue weighted by Crippen LogP contribution is -2.54. The van der Waals surface area contributed by atoms with E-state index in [4.69, 9.17) is 0 Å². The summed E-state index contributed by atoms with van der Waals surface area (Å²) in [6.07, 6.45) is 5.28. The Bertz CT molecular complexity index is 944. The van der Waals surface area contributed by atoms with Crippen molar-refractivity contribution in [3.8, 4) is 0 Å². The molecule has 35 heavy (non-hydrogen) atoms. The number of unbranched alkanes of at least 4 members (excludes halogenated alkanes) is 2. The van der Waals surface area contributed by atoms with Crippen molar-refractivity contribution in [2.45, 2.75) is 80.9 Å². The minimum atomic E-state index is -0.727. The maximum atomic E-state index is 14.2. The third-order valence-electron chi connectivity index (χ3n) is 8.07. The van der Waals surface area contributed by atoms with Crippen LogP contribution in [0.2, 0.25) is 0 Å². The van der Waals surface area contributed by atoms with Gasteiger partial charge in [0.2, 0.25) is 17.7 Å². The molecule has 3 fully saturated rings. The molecule has 3 amide bonds. The summed E-state index contributed by atoms with van der Waals surface area (Å²) in [6, 6.07) is 8.04. The summed E-state index contributed by atoms with van der Waals surface area (Å²) in [6.45, 7) is 7.04. The molecule has 2 unspecified atom stereocenters. The van der Waals surface area contributed by atoms with Crippen molar-refractivity contribution >= 4 is 29.5 Å². The Labute approximate surface area is 212 Å². The standard InChI is InChI=1S/C27H39N3O4S/c1-4-6-10-16-29-24(33)22-27-14-13-26(3,35-27)20(23(32)28-15-5-2)21(27)25(34)30(22)19(17-31)18-11-8-7-9-12-18/h7-9,11-12,19-22,31H,4-6,10,13-17H2,1-3H3,(H,28,32)(H,29,33)/t19-,20+,21+,22?,26-,27?/m1/s1. The van der Waals surface area contributed by atoms with Crippen molar-refractivity contribution in [3.63, 3.8) is 0 Å². The Balaban J connectivity index is 1.74. The van der Waals surface area contributed by atoms with Gasteiger partial charge in [-0.15, -0.1) is 11.8 Å². The molecule has 0 radical (unpaired) electrons. The van der Waals surface area contributed by atoms with Crippen molar-refractivity contribution in [1.82, 2.24) is 15.5 Å². The van der Waals surface area contributed by atoms with E-state index in [9.17, 15) is 19.5 Å². The fourth-order valence-corrected chi connectivity index (χ4v) is 8.81. The normalized spacial score (nSPS) is 31.9. The Morgan fingerprint density at radius 2 is 1.80 bits per heavy atom.